The number of benzene rings is 2. The van der Waals surface area contributed by atoms with Crippen LogP contribution in [0.15, 0.2) is 46.9 Å². The number of nitrogens with one attached hydrogen (secondary N) is 1. The Kier molecular flexibility index (Phi) is 5.31. The Labute approximate surface area is 172 Å². The third-order valence-corrected chi connectivity index (χ3v) is 5.92. The highest BCUT2D eigenvalue weighted by molar-refractivity contribution is 9.10. The minimum absolute atomic E-state index is 0.0407. The van der Waals surface area contributed by atoms with Crippen molar-refractivity contribution in [1.29, 1.82) is 0 Å². The standard InChI is InChI=1S/C22H21BrN2O3/c23-15-10-11-17-18(13-15)22(28)25(21(17)27)12-4-9-20(26)24-19-8-3-6-14-5-1-2-7-16(14)19/h1-2,5,7,10-11,13,19H,3-4,6,8-9,12H2,(H,24,26). The molecular weight excluding hydrogens is 420 g/mol. The van der Waals surface area contributed by atoms with Gasteiger partial charge in [-0.05, 0) is 55.0 Å². The average Bonchev–Trinajstić information content (AvgIpc) is 2.92. The van der Waals surface area contributed by atoms with Gasteiger partial charge >= 0.3 is 0 Å². The normalized spacial score (nSPS) is 18.0. The van der Waals surface area contributed by atoms with E-state index in [0.717, 1.165) is 23.7 Å². The van der Waals surface area contributed by atoms with Gasteiger partial charge in [-0.2, -0.15) is 0 Å². The fraction of sp³-hybridized carbons (Fsp3) is 0.318. The number of hydrogen-bond donors (Lipinski definition) is 1. The summed E-state index contributed by atoms with van der Waals surface area (Å²) in [6, 6.07) is 13.4. The fourth-order valence-electron chi connectivity index (χ4n) is 4.03. The molecule has 1 unspecified atom stereocenters. The maximum Gasteiger partial charge on any atom is 0.261 e. The molecule has 1 heterocycles. The molecule has 5 nitrogen and oxygen atoms in total. The quantitative estimate of drug-likeness (QED) is 0.713. The van der Waals surface area contributed by atoms with E-state index in [4.69, 9.17) is 0 Å². The van der Waals surface area contributed by atoms with Gasteiger partial charge in [-0.25, -0.2) is 0 Å². The van der Waals surface area contributed by atoms with Crippen LogP contribution < -0.4 is 5.32 Å². The van der Waals surface area contributed by atoms with E-state index in [-0.39, 0.29) is 36.7 Å². The highest BCUT2D eigenvalue weighted by Gasteiger charge is 2.35. The van der Waals surface area contributed by atoms with Crippen LogP contribution in [0.25, 0.3) is 0 Å². The number of imide groups is 1. The van der Waals surface area contributed by atoms with Gasteiger partial charge in [-0.15, -0.1) is 0 Å². The summed E-state index contributed by atoms with van der Waals surface area (Å²) in [6.07, 6.45) is 3.80. The van der Waals surface area contributed by atoms with Crippen LogP contribution in [0.2, 0.25) is 0 Å². The summed E-state index contributed by atoms with van der Waals surface area (Å²) < 4.78 is 0.765. The van der Waals surface area contributed by atoms with Crippen molar-refractivity contribution in [2.45, 2.75) is 38.1 Å². The minimum Gasteiger partial charge on any atom is -0.349 e. The topological polar surface area (TPSA) is 66.5 Å². The maximum absolute atomic E-state index is 12.5. The van der Waals surface area contributed by atoms with Gasteiger partial charge in [0.2, 0.25) is 5.91 Å². The monoisotopic (exact) mass is 440 g/mol. The molecule has 3 amide bonds. The van der Waals surface area contributed by atoms with Crippen LogP contribution >= 0.6 is 15.9 Å². The molecule has 0 fully saturated rings. The fourth-order valence-corrected chi connectivity index (χ4v) is 4.40. The number of halogens is 1. The molecule has 0 aromatic heterocycles. The Balaban J connectivity index is 1.32. The number of aryl methyl sites for hydroxylation is 1. The molecule has 28 heavy (non-hydrogen) atoms. The van der Waals surface area contributed by atoms with Crippen LogP contribution in [-0.2, 0) is 11.2 Å². The number of hydrogen-bond acceptors (Lipinski definition) is 3. The summed E-state index contributed by atoms with van der Waals surface area (Å²) in [5.41, 5.74) is 3.35. The zero-order chi connectivity index (χ0) is 19.7. The largest absolute Gasteiger partial charge is 0.349 e. The molecule has 0 saturated heterocycles. The van der Waals surface area contributed by atoms with Crippen molar-refractivity contribution in [1.82, 2.24) is 10.2 Å². The van der Waals surface area contributed by atoms with Crippen LogP contribution in [0.3, 0.4) is 0 Å². The molecule has 1 N–H and O–H groups in total. The molecule has 0 radical (unpaired) electrons. The van der Waals surface area contributed by atoms with E-state index in [0.29, 0.717) is 17.5 Å². The number of carbonyl (C=O) groups excluding carboxylic acids is 3. The first kappa shape index (κ1) is 18.9. The number of amides is 3. The molecule has 0 bridgehead atoms. The van der Waals surface area contributed by atoms with Crippen molar-refractivity contribution in [3.63, 3.8) is 0 Å². The summed E-state index contributed by atoms with van der Waals surface area (Å²) in [7, 11) is 0. The van der Waals surface area contributed by atoms with E-state index < -0.39 is 0 Å². The molecule has 2 aliphatic rings. The van der Waals surface area contributed by atoms with E-state index in [1.165, 1.54) is 16.0 Å². The average molecular weight is 441 g/mol. The lowest BCUT2D eigenvalue weighted by Gasteiger charge is -2.26. The van der Waals surface area contributed by atoms with Crippen molar-refractivity contribution >= 4 is 33.7 Å². The summed E-state index contributed by atoms with van der Waals surface area (Å²) in [4.78, 5) is 38.6. The van der Waals surface area contributed by atoms with Gasteiger partial charge in [0.05, 0.1) is 17.2 Å². The molecule has 6 heteroatoms. The Bertz CT molecular complexity index is 957. The third-order valence-electron chi connectivity index (χ3n) is 5.42. The molecule has 0 saturated carbocycles. The predicted molar refractivity (Wildman–Crippen MR) is 109 cm³/mol. The SMILES string of the molecule is O=C(CCCN1C(=O)c2ccc(Br)cc2C1=O)NC1CCCc2ccccc21. The lowest BCUT2D eigenvalue weighted by Crippen LogP contribution is -2.33. The van der Waals surface area contributed by atoms with Crippen molar-refractivity contribution in [2.24, 2.45) is 0 Å². The van der Waals surface area contributed by atoms with Crippen molar-refractivity contribution < 1.29 is 14.4 Å². The van der Waals surface area contributed by atoms with Crippen molar-refractivity contribution in [2.75, 3.05) is 6.54 Å². The molecule has 1 aliphatic heterocycles. The second kappa shape index (κ2) is 7.87. The number of fused-ring (bicyclic) bond motifs is 2. The van der Waals surface area contributed by atoms with Crippen molar-refractivity contribution in [3.05, 3.63) is 69.2 Å². The molecule has 2 aromatic rings. The lowest BCUT2D eigenvalue weighted by atomic mass is 9.87. The van der Waals surface area contributed by atoms with Gasteiger partial charge < -0.3 is 5.32 Å². The second-order valence-electron chi connectivity index (χ2n) is 7.27. The van der Waals surface area contributed by atoms with Crippen LogP contribution in [0.4, 0.5) is 0 Å². The van der Waals surface area contributed by atoms with Crippen LogP contribution in [0.5, 0.6) is 0 Å². The Morgan fingerprint density at radius 3 is 2.75 bits per heavy atom. The van der Waals surface area contributed by atoms with Crippen molar-refractivity contribution in [3.8, 4) is 0 Å². The first-order chi connectivity index (χ1) is 13.5. The first-order valence-corrected chi connectivity index (χ1v) is 10.4. The zero-order valence-electron chi connectivity index (χ0n) is 15.4. The van der Waals surface area contributed by atoms with E-state index in [1.54, 1.807) is 18.2 Å². The highest BCUT2D eigenvalue weighted by atomic mass is 79.9. The lowest BCUT2D eigenvalue weighted by molar-refractivity contribution is -0.122. The van der Waals surface area contributed by atoms with Crippen LogP contribution in [-0.4, -0.2) is 29.2 Å². The Morgan fingerprint density at radius 2 is 1.89 bits per heavy atom. The Morgan fingerprint density at radius 1 is 1.11 bits per heavy atom. The summed E-state index contributed by atoms with van der Waals surface area (Å²) in [5.74, 6) is -0.613. The number of carbonyl (C=O) groups is 3. The third kappa shape index (κ3) is 3.61. The van der Waals surface area contributed by atoms with Crippen LogP contribution in [0, 0.1) is 0 Å². The first-order valence-electron chi connectivity index (χ1n) is 9.57. The number of nitrogens with zero attached hydrogens (tertiary/aromatic N) is 1. The maximum atomic E-state index is 12.5. The highest BCUT2D eigenvalue weighted by Crippen LogP contribution is 2.30. The van der Waals surface area contributed by atoms with Gasteiger partial charge in [-0.1, -0.05) is 40.2 Å². The molecule has 0 spiro atoms. The van der Waals surface area contributed by atoms with Gasteiger partial charge in [0.15, 0.2) is 0 Å². The zero-order valence-corrected chi connectivity index (χ0v) is 17.0. The van der Waals surface area contributed by atoms with E-state index in [1.807, 2.05) is 12.1 Å². The summed E-state index contributed by atoms with van der Waals surface area (Å²) >= 11 is 3.33. The summed E-state index contributed by atoms with van der Waals surface area (Å²) in [5, 5.41) is 3.11. The van der Waals surface area contributed by atoms with Gasteiger partial charge in [0.1, 0.15) is 0 Å². The molecule has 1 atom stereocenters. The molecule has 2 aromatic carbocycles. The molecule has 4 rings (SSSR count). The Hall–Kier alpha value is -2.47. The van der Waals surface area contributed by atoms with Crippen LogP contribution in [0.1, 0.15) is 63.6 Å². The molecule has 1 aliphatic carbocycles. The second-order valence-corrected chi connectivity index (χ2v) is 8.18. The minimum atomic E-state index is -0.289. The predicted octanol–water partition coefficient (Wildman–Crippen LogP) is 4.02. The van der Waals surface area contributed by atoms with E-state index >= 15 is 0 Å². The van der Waals surface area contributed by atoms with E-state index in [9.17, 15) is 14.4 Å². The molecular formula is C22H21BrN2O3. The van der Waals surface area contributed by atoms with E-state index in [2.05, 4.69) is 33.4 Å². The summed E-state index contributed by atoms with van der Waals surface area (Å²) in [6.45, 7) is 0.249. The number of rotatable bonds is 5. The molecule has 144 valence electrons. The van der Waals surface area contributed by atoms with Gasteiger partial charge in [-0.3, -0.25) is 19.3 Å². The smallest absolute Gasteiger partial charge is 0.261 e. The van der Waals surface area contributed by atoms with Gasteiger partial charge in [0, 0.05) is 17.4 Å². The van der Waals surface area contributed by atoms with Gasteiger partial charge in [0.25, 0.3) is 11.8 Å².